The Hall–Kier alpha value is -1.76. The van der Waals surface area contributed by atoms with Crippen molar-refractivity contribution in [3.05, 3.63) is 56.3 Å². The Labute approximate surface area is 146 Å². The van der Waals surface area contributed by atoms with Crippen LogP contribution in [-0.2, 0) is 6.54 Å². The van der Waals surface area contributed by atoms with E-state index in [1.165, 1.54) is 22.7 Å². The Morgan fingerprint density at radius 3 is 2.87 bits per heavy atom. The molecule has 0 atom stereocenters. The van der Waals surface area contributed by atoms with Crippen LogP contribution in [-0.4, -0.2) is 15.5 Å². The van der Waals surface area contributed by atoms with Gasteiger partial charge in [0.15, 0.2) is 4.80 Å². The van der Waals surface area contributed by atoms with E-state index in [4.69, 9.17) is 11.6 Å². The van der Waals surface area contributed by atoms with Crippen LogP contribution >= 0.6 is 34.3 Å². The lowest BCUT2D eigenvalue weighted by Crippen LogP contribution is -2.16. The van der Waals surface area contributed by atoms with Gasteiger partial charge in [0.1, 0.15) is 4.88 Å². The van der Waals surface area contributed by atoms with Crippen LogP contribution in [0.2, 0.25) is 5.02 Å². The third-order valence-electron chi connectivity index (χ3n) is 3.25. The second-order valence-corrected chi connectivity index (χ2v) is 7.61. The summed E-state index contributed by atoms with van der Waals surface area (Å²) < 4.78 is 2.95. The molecule has 4 nitrogen and oxygen atoms in total. The third-order valence-corrected chi connectivity index (χ3v) is 5.59. The van der Waals surface area contributed by atoms with Gasteiger partial charge in [0.05, 0.1) is 20.9 Å². The third kappa shape index (κ3) is 3.15. The lowest BCUT2D eigenvalue weighted by atomic mass is 10.3. The molecule has 0 saturated carbocycles. The summed E-state index contributed by atoms with van der Waals surface area (Å²) >= 11 is 8.87. The number of amides is 1. The smallest absolute Gasteiger partial charge is 0.291 e. The van der Waals surface area contributed by atoms with Gasteiger partial charge in [-0.15, -0.1) is 17.9 Å². The summed E-state index contributed by atoms with van der Waals surface area (Å²) in [5.74, 6) is -0.261. The summed E-state index contributed by atoms with van der Waals surface area (Å²) in [7, 11) is 0. The van der Waals surface area contributed by atoms with Crippen molar-refractivity contribution in [1.29, 1.82) is 0 Å². The number of thiazole rings is 2. The number of carbonyl (C=O) groups excluding carboxylic acids is 1. The minimum absolute atomic E-state index is 0.261. The van der Waals surface area contributed by atoms with E-state index in [1.807, 2.05) is 36.6 Å². The molecular weight excluding hydrogens is 350 g/mol. The fraction of sp³-hybridized carbons (Fsp3) is 0.188. The Balaban J connectivity index is 2.17. The van der Waals surface area contributed by atoms with Gasteiger partial charge in [-0.1, -0.05) is 29.0 Å². The van der Waals surface area contributed by atoms with Gasteiger partial charge in [0, 0.05) is 11.6 Å². The zero-order valence-corrected chi connectivity index (χ0v) is 15.1. The molecule has 7 heteroatoms. The van der Waals surface area contributed by atoms with Crippen LogP contribution in [0.1, 0.15) is 20.4 Å². The van der Waals surface area contributed by atoms with Crippen molar-refractivity contribution in [2.24, 2.45) is 4.99 Å². The van der Waals surface area contributed by atoms with E-state index in [1.54, 1.807) is 6.08 Å². The average molecular weight is 364 g/mol. The highest BCUT2D eigenvalue weighted by molar-refractivity contribution is 7.16. The SMILES string of the molecule is C=CCn1c(=NC(=O)c2sc(C)nc2C)sc2cc(Cl)ccc21. The molecule has 23 heavy (non-hydrogen) atoms. The molecule has 0 aliphatic rings. The maximum Gasteiger partial charge on any atom is 0.291 e. The summed E-state index contributed by atoms with van der Waals surface area (Å²) in [5.41, 5.74) is 1.71. The molecule has 3 rings (SSSR count). The highest BCUT2D eigenvalue weighted by atomic mass is 35.5. The molecule has 3 aromatic rings. The number of aryl methyl sites for hydroxylation is 2. The van der Waals surface area contributed by atoms with Gasteiger partial charge in [0.2, 0.25) is 0 Å². The number of nitrogens with zero attached hydrogens (tertiary/aromatic N) is 3. The molecule has 0 spiro atoms. The number of benzene rings is 1. The number of hydrogen-bond acceptors (Lipinski definition) is 4. The number of rotatable bonds is 3. The maximum atomic E-state index is 12.5. The number of aromatic nitrogens is 2. The highest BCUT2D eigenvalue weighted by Gasteiger charge is 2.14. The highest BCUT2D eigenvalue weighted by Crippen LogP contribution is 2.22. The van der Waals surface area contributed by atoms with Gasteiger partial charge in [-0.2, -0.15) is 4.99 Å². The van der Waals surface area contributed by atoms with Crippen LogP contribution in [0.15, 0.2) is 35.8 Å². The van der Waals surface area contributed by atoms with Gasteiger partial charge in [-0.05, 0) is 32.0 Å². The predicted octanol–water partition coefficient (Wildman–Crippen LogP) is 4.36. The molecule has 0 bridgehead atoms. The molecule has 0 saturated heterocycles. The largest absolute Gasteiger partial charge is 0.312 e. The average Bonchev–Trinajstić information content (AvgIpc) is 2.99. The van der Waals surface area contributed by atoms with E-state index in [9.17, 15) is 4.79 Å². The van der Waals surface area contributed by atoms with Crippen LogP contribution in [0.5, 0.6) is 0 Å². The first-order chi connectivity index (χ1) is 11.0. The van der Waals surface area contributed by atoms with Crippen molar-refractivity contribution in [3.63, 3.8) is 0 Å². The minimum Gasteiger partial charge on any atom is -0.312 e. The molecule has 0 unspecified atom stereocenters. The summed E-state index contributed by atoms with van der Waals surface area (Å²) in [4.78, 5) is 22.3. The number of fused-ring (bicyclic) bond motifs is 1. The van der Waals surface area contributed by atoms with Crippen LogP contribution in [0.3, 0.4) is 0 Å². The molecule has 2 heterocycles. The Kier molecular flexibility index (Phi) is 4.48. The van der Waals surface area contributed by atoms with E-state index in [-0.39, 0.29) is 5.91 Å². The molecule has 1 aromatic carbocycles. The molecule has 0 aliphatic carbocycles. The standard InChI is InChI=1S/C16H14ClN3OS2/c1-4-7-20-12-6-5-11(17)8-13(12)23-16(20)19-15(21)14-9(2)18-10(3)22-14/h4-6,8H,1,7H2,2-3H3. The zero-order valence-electron chi connectivity index (χ0n) is 12.7. The van der Waals surface area contributed by atoms with Crippen LogP contribution < -0.4 is 4.80 Å². The summed E-state index contributed by atoms with van der Waals surface area (Å²) in [6, 6.07) is 5.65. The van der Waals surface area contributed by atoms with E-state index in [0.717, 1.165) is 20.9 Å². The minimum atomic E-state index is -0.261. The van der Waals surface area contributed by atoms with Crippen molar-refractivity contribution in [2.75, 3.05) is 0 Å². The monoisotopic (exact) mass is 363 g/mol. The van der Waals surface area contributed by atoms with Crippen molar-refractivity contribution < 1.29 is 4.79 Å². The van der Waals surface area contributed by atoms with Gasteiger partial charge in [0.25, 0.3) is 5.91 Å². The molecule has 0 fully saturated rings. The van der Waals surface area contributed by atoms with Crippen LogP contribution in [0, 0.1) is 13.8 Å². The lowest BCUT2D eigenvalue weighted by molar-refractivity contribution is 0.100. The summed E-state index contributed by atoms with van der Waals surface area (Å²) in [6.45, 7) is 8.07. The molecule has 118 valence electrons. The van der Waals surface area contributed by atoms with Crippen molar-refractivity contribution >= 4 is 50.4 Å². The van der Waals surface area contributed by atoms with Crippen LogP contribution in [0.25, 0.3) is 10.2 Å². The zero-order chi connectivity index (χ0) is 16.6. The fourth-order valence-corrected chi connectivity index (χ4v) is 4.42. The van der Waals surface area contributed by atoms with Crippen LogP contribution in [0.4, 0.5) is 0 Å². The number of allylic oxidation sites excluding steroid dienone is 1. The Morgan fingerprint density at radius 2 is 2.22 bits per heavy atom. The lowest BCUT2D eigenvalue weighted by Gasteiger charge is -2.00. The summed E-state index contributed by atoms with van der Waals surface area (Å²) in [5, 5.41) is 1.53. The van der Waals surface area contributed by atoms with E-state index < -0.39 is 0 Å². The van der Waals surface area contributed by atoms with E-state index in [2.05, 4.69) is 16.6 Å². The molecular formula is C16H14ClN3OS2. The fourth-order valence-electron chi connectivity index (χ4n) is 2.31. The second kappa shape index (κ2) is 6.39. The Bertz CT molecular complexity index is 981. The van der Waals surface area contributed by atoms with Crippen molar-refractivity contribution in [1.82, 2.24) is 9.55 Å². The Morgan fingerprint density at radius 1 is 1.43 bits per heavy atom. The first kappa shape index (κ1) is 16.1. The topological polar surface area (TPSA) is 47.2 Å². The summed E-state index contributed by atoms with van der Waals surface area (Å²) in [6.07, 6.45) is 1.78. The van der Waals surface area contributed by atoms with Gasteiger partial charge < -0.3 is 4.57 Å². The van der Waals surface area contributed by atoms with E-state index >= 15 is 0 Å². The first-order valence-electron chi connectivity index (χ1n) is 6.92. The molecule has 1 amide bonds. The molecule has 0 aliphatic heterocycles. The quantitative estimate of drug-likeness (QED) is 0.649. The maximum absolute atomic E-state index is 12.5. The first-order valence-corrected chi connectivity index (χ1v) is 8.93. The predicted molar refractivity (Wildman–Crippen MR) is 96.5 cm³/mol. The number of carbonyl (C=O) groups is 1. The molecule has 0 N–H and O–H groups in total. The number of hydrogen-bond donors (Lipinski definition) is 0. The van der Waals surface area contributed by atoms with Crippen molar-refractivity contribution in [3.8, 4) is 0 Å². The van der Waals surface area contributed by atoms with Gasteiger partial charge >= 0.3 is 0 Å². The van der Waals surface area contributed by atoms with E-state index in [0.29, 0.717) is 21.2 Å². The second-order valence-electron chi connectivity index (χ2n) is 4.96. The van der Waals surface area contributed by atoms with Gasteiger partial charge in [-0.25, -0.2) is 4.98 Å². The normalized spacial score (nSPS) is 12.0. The van der Waals surface area contributed by atoms with Crippen molar-refractivity contribution in [2.45, 2.75) is 20.4 Å². The molecule has 2 aromatic heterocycles. The van der Waals surface area contributed by atoms with Gasteiger partial charge in [-0.3, -0.25) is 4.79 Å². The molecule has 0 radical (unpaired) electrons. The number of halogens is 1.